The van der Waals surface area contributed by atoms with Crippen molar-refractivity contribution in [2.75, 3.05) is 11.9 Å². The first-order valence-electron chi connectivity index (χ1n) is 7.78. The average Bonchev–Trinajstić information content (AvgIpc) is 2.91. The van der Waals surface area contributed by atoms with Crippen LogP contribution in [0.1, 0.15) is 52.4 Å². The molecule has 0 bridgehead atoms. The predicted molar refractivity (Wildman–Crippen MR) is 87.1 cm³/mol. The Balaban J connectivity index is 1.77. The third-order valence-electron chi connectivity index (χ3n) is 3.90. The monoisotopic (exact) mass is 277 g/mol. The molecule has 19 heavy (non-hydrogen) atoms. The van der Waals surface area contributed by atoms with E-state index < -0.39 is 0 Å². The molecule has 1 aliphatic rings. The molecule has 1 unspecified atom stereocenters. The standard InChI is InChI=1S/C17H27NS/c1-3-6-14(2)13-18-15-9-11-17(12-10-15)19-16-7-4-5-8-16/h9-12,14,16,18H,3-8,13H2,1-2H3. The van der Waals surface area contributed by atoms with Gasteiger partial charge in [-0.3, -0.25) is 0 Å². The zero-order chi connectivity index (χ0) is 13.5. The van der Waals surface area contributed by atoms with Gasteiger partial charge >= 0.3 is 0 Å². The van der Waals surface area contributed by atoms with E-state index in [2.05, 4.69) is 55.2 Å². The summed E-state index contributed by atoms with van der Waals surface area (Å²) in [5.74, 6) is 0.762. The van der Waals surface area contributed by atoms with E-state index in [0.717, 1.165) is 17.7 Å². The molecule has 0 radical (unpaired) electrons. The summed E-state index contributed by atoms with van der Waals surface area (Å²) in [6.45, 7) is 5.66. The molecule has 0 aromatic heterocycles. The van der Waals surface area contributed by atoms with Crippen LogP contribution in [0.25, 0.3) is 0 Å². The quantitative estimate of drug-likeness (QED) is 0.699. The Morgan fingerprint density at radius 3 is 2.53 bits per heavy atom. The van der Waals surface area contributed by atoms with Gasteiger partial charge in [-0.15, -0.1) is 11.8 Å². The molecule has 1 N–H and O–H groups in total. The van der Waals surface area contributed by atoms with Crippen LogP contribution in [0, 0.1) is 5.92 Å². The SMILES string of the molecule is CCCC(C)CNc1ccc(SC2CCCC2)cc1. The Hall–Kier alpha value is -0.630. The van der Waals surface area contributed by atoms with Crippen molar-refractivity contribution in [2.45, 2.75) is 62.5 Å². The van der Waals surface area contributed by atoms with Gasteiger partial charge in [-0.2, -0.15) is 0 Å². The molecule has 106 valence electrons. The van der Waals surface area contributed by atoms with E-state index in [1.165, 1.54) is 49.1 Å². The first-order valence-corrected chi connectivity index (χ1v) is 8.66. The summed E-state index contributed by atoms with van der Waals surface area (Å²) in [5.41, 5.74) is 1.26. The van der Waals surface area contributed by atoms with Gasteiger partial charge in [0.05, 0.1) is 0 Å². The maximum Gasteiger partial charge on any atom is 0.0341 e. The van der Waals surface area contributed by atoms with Crippen molar-refractivity contribution in [3.8, 4) is 0 Å². The zero-order valence-corrected chi connectivity index (χ0v) is 13.1. The molecule has 1 aliphatic carbocycles. The van der Waals surface area contributed by atoms with Crippen molar-refractivity contribution in [3.05, 3.63) is 24.3 Å². The third-order valence-corrected chi connectivity index (χ3v) is 5.24. The van der Waals surface area contributed by atoms with E-state index in [-0.39, 0.29) is 0 Å². The molecule has 1 aromatic rings. The van der Waals surface area contributed by atoms with Gasteiger partial charge in [0.1, 0.15) is 0 Å². The molecule has 0 amide bonds. The van der Waals surface area contributed by atoms with Gasteiger partial charge in [0.15, 0.2) is 0 Å². The number of nitrogens with one attached hydrogen (secondary N) is 1. The van der Waals surface area contributed by atoms with Crippen molar-refractivity contribution >= 4 is 17.4 Å². The fourth-order valence-electron chi connectivity index (χ4n) is 2.74. The minimum absolute atomic E-state index is 0.762. The van der Waals surface area contributed by atoms with Crippen LogP contribution in [0.15, 0.2) is 29.2 Å². The van der Waals surface area contributed by atoms with E-state index in [1.54, 1.807) is 0 Å². The lowest BCUT2D eigenvalue weighted by Gasteiger charge is -2.13. The van der Waals surface area contributed by atoms with E-state index >= 15 is 0 Å². The van der Waals surface area contributed by atoms with Gasteiger partial charge in [-0.1, -0.05) is 33.1 Å². The lowest BCUT2D eigenvalue weighted by molar-refractivity contribution is 0.551. The molecular weight excluding hydrogens is 250 g/mol. The van der Waals surface area contributed by atoms with Gasteiger partial charge in [0, 0.05) is 22.4 Å². The molecule has 0 saturated heterocycles. The second-order valence-corrected chi connectivity index (χ2v) is 7.20. The van der Waals surface area contributed by atoms with Crippen LogP contribution in [0.3, 0.4) is 0 Å². The molecular formula is C17H27NS. The van der Waals surface area contributed by atoms with Gasteiger partial charge < -0.3 is 5.32 Å². The number of anilines is 1. The molecule has 1 atom stereocenters. The normalized spacial score (nSPS) is 17.6. The van der Waals surface area contributed by atoms with Crippen LogP contribution in [-0.2, 0) is 0 Å². The number of hydrogen-bond acceptors (Lipinski definition) is 2. The second-order valence-electron chi connectivity index (χ2n) is 5.82. The van der Waals surface area contributed by atoms with E-state index in [4.69, 9.17) is 0 Å². The van der Waals surface area contributed by atoms with E-state index in [1.807, 2.05) is 0 Å². The first kappa shape index (κ1) is 14.8. The Morgan fingerprint density at radius 1 is 1.21 bits per heavy atom. The second kappa shape index (κ2) is 7.84. The van der Waals surface area contributed by atoms with Crippen molar-refractivity contribution in [1.82, 2.24) is 0 Å². The number of rotatable bonds is 7. The maximum atomic E-state index is 3.54. The summed E-state index contributed by atoms with van der Waals surface area (Å²) in [7, 11) is 0. The minimum atomic E-state index is 0.762. The van der Waals surface area contributed by atoms with Gasteiger partial charge in [-0.05, 0) is 49.4 Å². The summed E-state index contributed by atoms with van der Waals surface area (Å²) < 4.78 is 0. The summed E-state index contributed by atoms with van der Waals surface area (Å²) in [6, 6.07) is 9.01. The Bertz CT molecular complexity index is 354. The molecule has 1 nitrogen and oxygen atoms in total. The molecule has 2 heteroatoms. The highest BCUT2D eigenvalue weighted by Gasteiger charge is 2.15. The number of hydrogen-bond donors (Lipinski definition) is 1. The summed E-state index contributed by atoms with van der Waals surface area (Å²) in [6.07, 6.45) is 8.24. The fraction of sp³-hybridized carbons (Fsp3) is 0.647. The highest BCUT2D eigenvalue weighted by molar-refractivity contribution is 8.00. The van der Waals surface area contributed by atoms with Crippen molar-refractivity contribution < 1.29 is 0 Å². The fourth-order valence-corrected chi connectivity index (χ4v) is 3.98. The lowest BCUT2D eigenvalue weighted by atomic mass is 10.1. The molecule has 1 aromatic carbocycles. The molecule has 2 rings (SSSR count). The topological polar surface area (TPSA) is 12.0 Å². The Labute approximate surface area is 122 Å². The smallest absolute Gasteiger partial charge is 0.0341 e. The van der Waals surface area contributed by atoms with Crippen LogP contribution in [0.4, 0.5) is 5.69 Å². The van der Waals surface area contributed by atoms with Crippen molar-refractivity contribution in [1.29, 1.82) is 0 Å². The molecule has 1 saturated carbocycles. The summed E-state index contributed by atoms with van der Waals surface area (Å²) in [5, 5.41) is 4.41. The Morgan fingerprint density at radius 2 is 1.89 bits per heavy atom. The number of benzene rings is 1. The number of thioether (sulfide) groups is 1. The minimum Gasteiger partial charge on any atom is -0.385 e. The van der Waals surface area contributed by atoms with Crippen LogP contribution >= 0.6 is 11.8 Å². The van der Waals surface area contributed by atoms with Crippen LogP contribution < -0.4 is 5.32 Å². The summed E-state index contributed by atoms with van der Waals surface area (Å²) in [4.78, 5) is 1.43. The molecule has 0 heterocycles. The Kier molecular flexibility index (Phi) is 6.09. The molecule has 0 aliphatic heterocycles. The van der Waals surface area contributed by atoms with Crippen LogP contribution in [0.2, 0.25) is 0 Å². The van der Waals surface area contributed by atoms with E-state index in [0.29, 0.717) is 0 Å². The van der Waals surface area contributed by atoms with Crippen LogP contribution in [-0.4, -0.2) is 11.8 Å². The third kappa shape index (κ3) is 5.10. The van der Waals surface area contributed by atoms with Crippen molar-refractivity contribution in [3.63, 3.8) is 0 Å². The van der Waals surface area contributed by atoms with Gasteiger partial charge in [0.25, 0.3) is 0 Å². The molecule has 0 spiro atoms. The highest BCUT2D eigenvalue weighted by Crippen LogP contribution is 2.34. The first-order chi connectivity index (χ1) is 9.28. The van der Waals surface area contributed by atoms with Crippen molar-refractivity contribution in [2.24, 2.45) is 5.92 Å². The molecule has 1 fully saturated rings. The predicted octanol–water partition coefficient (Wildman–Crippen LogP) is 5.57. The van der Waals surface area contributed by atoms with Gasteiger partial charge in [0.2, 0.25) is 0 Å². The maximum absolute atomic E-state index is 3.54. The summed E-state index contributed by atoms with van der Waals surface area (Å²) >= 11 is 2.06. The highest BCUT2D eigenvalue weighted by atomic mass is 32.2. The van der Waals surface area contributed by atoms with E-state index in [9.17, 15) is 0 Å². The average molecular weight is 277 g/mol. The van der Waals surface area contributed by atoms with Crippen LogP contribution in [0.5, 0.6) is 0 Å². The lowest BCUT2D eigenvalue weighted by Crippen LogP contribution is -2.10. The van der Waals surface area contributed by atoms with Gasteiger partial charge in [-0.25, -0.2) is 0 Å². The zero-order valence-electron chi connectivity index (χ0n) is 12.3. The largest absolute Gasteiger partial charge is 0.385 e.